The molecular weight excluding hydrogens is 923 g/mol. The molecule has 0 aromatic carbocycles. The predicted molar refractivity (Wildman–Crippen MR) is 311 cm³/mol. The van der Waals surface area contributed by atoms with Gasteiger partial charge in [0.05, 0.1) is 40.3 Å². The van der Waals surface area contributed by atoms with Gasteiger partial charge in [0.25, 0.3) is 0 Å². The summed E-state index contributed by atoms with van der Waals surface area (Å²) in [4.78, 5) is 37.1. The lowest BCUT2D eigenvalue weighted by Crippen LogP contribution is -2.44. The molecule has 0 radical (unpaired) electrons. The Kier molecular flexibility index (Phi) is 53.9. The van der Waals surface area contributed by atoms with Crippen LogP contribution in [0.3, 0.4) is 0 Å². The van der Waals surface area contributed by atoms with Crippen molar-refractivity contribution in [2.75, 3.05) is 47.5 Å². The minimum atomic E-state index is -1.62. The molecule has 0 aromatic heterocycles. The third-order valence-electron chi connectivity index (χ3n) is 13.5. The number of carboxylic acid groups (broad SMARTS) is 1. The van der Waals surface area contributed by atoms with E-state index in [9.17, 15) is 19.5 Å². The Balaban J connectivity index is 3.91. The van der Waals surface area contributed by atoms with Gasteiger partial charge in [0.2, 0.25) is 0 Å². The SMILES string of the molecule is CC/C=C\C/C=C\C/C=C\C/C=C\C/C=C\CCCCCCCCCCCCCCCCCCCCCCCCCC(=O)OC(COC(=O)CCCCCCCCCCCC)COC(OCC[N+](C)(C)C)C(=O)[O-]. The Morgan fingerprint density at radius 3 is 1.15 bits per heavy atom. The summed E-state index contributed by atoms with van der Waals surface area (Å²) in [5.41, 5.74) is 0. The fourth-order valence-corrected chi connectivity index (χ4v) is 8.80. The van der Waals surface area contributed by atoms with Crippen LogP contribution in [0.25, 0.3) is 0 Å². The summed E-state index contributed by atoms with van der Waals surface area (Å²) in [6, 6.07) is 0. The molecule has 9 nitrogen and oxygen atoms in total. The van der Waals surface area contributed by atoms with E-state index < -0.39 is 24.3 Å². The molecule has 0 saturated heterocycles. The van der Waals surface area contributed by atoms with Gasteiger partial charge in [-0.25, -0.2) is 0 Å². The maximum Gasteiger partial charge on any atom is 0.306 e. The van der Waals surface area contributed by atoms with Crippen LogP contribution in [0.1, 0.15) is 277 Å². The molecule has 0 aliphatic carbocycles. The van der Waals surface area contributed by atoms with Crippen molar-refractivity contribution in [3.05, 3.63) is 60.8 Å². The molecule has 0 N–H and O–H groups in total. The molecule has 2 unspecified atom stereocenters. The summed E-state index contributed by atoms with van der Waals surface area (Å²) < 4.78 is 22.6. The van der Waals surface area contributed by atoms with Crippen LogP contribution in [-0.2, 0) is 33.3 Å². The van der Waals surface area contributed by atoms with E-state index >= 15 is 0 Å². The Bertz CT molecular complexity index is 1400. The summed E-state index contributed by atoms with van der Waals surface area (Å²) in [7, 11) is 5.92. The minimum absolute atomic E-state index is 0.150. The van der Waals surface area contributed by atoms with Gasteiger partial charge in [-0.3, -0.25) is 9.59 Å². The van der Waals surface area contributed by atoms with E-state index in [0.717, 1.165) is 70.6 Å². The van der Waals surface area contributed by atoms with Crippen molar-refractivity contribution in [1.29, 1.82) is 0 Å². The van der Waals surface area contributed by atoms with E-state index in [0.29, 0.717) is 17.4 Å². The van der Waals surface area contributed by atoms with Crippen LogP contribution in [0.4, 0.5) is 0 Å². The lowest BCUT2D eigenvalue weighted by atomic mass is 10.0. The van der Waals surface area contributed by atoms with Gasteiger partial charge in [-0.05, 0) is 57.8 Å². The zero-order valence-corrected chi connectivity index (χ0v) is 49.0. The number of hydrogen-bond acceptors (Lipinski definition) is 8. The topological polar surface area (TPSA) is 111 Å². The largest absolute Gasteiger partial charge is 0.545 e. The lowest BCUT2D eigenvalue weighted by Gasteiger charge is -2.26. The molecule has 0 amide bonds. The summed E-state index contributed by atoms with van der Waals surface area (Å²) in [5, 5.41) is 11.7. The van der Waals surface area contributed by atoms with Gasteiger partial charge < -0.3 is 33.3 Å². The Morgan fingerprint density at radius 2 is 0.770 bits per heavy atom. The zero-order valence-electron chi connectivity index (χ0n) is 49.0. The highest BCUT2D eigenvalue weighted by molar-refractivity contribution is 5.70. The average molecular weight is 1040 g/mol. The number of carbonyl (C=O) groups is 3. The molecule has 0 saturated carbocycles. The first-order valence-electron chi connectivity index (χ1n) is 30.9. The fourth-order valence-electron chi connectivity index (χ4n) is 8.80. The van der Waals surface area contributed by atoms with Gasteiger partial charge in [-0.2, -0.15) is 0 Å². The van der Waals surface area contributed by atoms with Crippen LogP contribution in [0.2, 0.25) is 0 Å². The highest BCUT2D eigenvalue weighted by Crippen LogP contribution is 2.17. The molecule has 0 aliphatic rings. The van der Waals surface area contributed by atoms with E-state index in [-0.39, 0.29) is 32.2 Å². The lowest BCUT2D eigenvalue weighted by molar-refractivity contribution is -0.870. The van der Waals surface area contributed by atoms with Crippen LogP contribution in [-0.4, -0.2) is 82.3 Å². The van der Waals surface area contributed by atoms with Crippen molar-refractivity contribution in [2.24, 2.45) is 0 Å². The molecule has 0 aliphatic heterocycles. The second kappa shape index (κ2) is 56.2. The number of ether oxygens (including phenoxy) is 4. The van der Waals surface area contributed by atoms with Gasteiger partial charge in [-0.15, -0.1) is 0 Å². The summed E-state index contributed by atoms with van der Waals surface area (Å²) in [6.45, 7) is 4.64. The van der Waals surface area contributed by atoms with Crippen molar-refractivity contribution in [2.45, 2.75) is 289 Å². The second-order valence-electron chi connectivity index (χ2n) is 22.0. The average Bonchev–Trinajstić information content (AvgIpc) is 3.37. The first-order valence-corrected chi connectivity index (χ1v) is 30.9. The molecule has 430 valence electrons. The number of allylic oxidation sites excluding steroid dienone is 10. The first kappa shape index (κ1) is 71.0. The predicted octanol–water partition coefficient (Wildman–Crippen LogP) is 17.1. The zero-order chi connectivity index (χ0) is 54.1. The number of nitrogens with zero attached hydrogens (tertiary/aromatic N) is 1. The highest BCUT2D eigenvalue weighted by Gasteiger charge is 2.22. The molecule has 74 heavy (non-hydrogen) atoms. The molecular formula is C65H117NO8. The van der Waals surface area contributed by atoms with Gasteiger partial charge in [-0.1, -0.05) is 267 Å². The molecule has 0 heterocycles. The number of quaternary nitrogens is 1. The molecule has 0 fully saturated rings. The van der Waals surface area contributed by atoms with Gasteiger partial charge >= 0.3 is 11.9 Å². The molecule has 0 bridgehead atoms. The number of carboxylic acids is 1. The Hall–Kier alpha value is -3.01. The van der Waals surface area contributed by atoms with E-state index in [4.69, 9.17) is 18.9 Å². The fraction of sp³-hybridized carbons (Fsp3) is 0.800. The van der Waals surface area contributed by atoms with Crippen molar-refractivity contribution >= 4 is 17.9 Å². The van der Waals surface area contributed by atoms with E-state index in [2.05, 4.69) is 74.6 Å². The molecule has 9 heteroatoms. The van der Waals surface area contributed by atoms with E-state index in [1.807, 2.05) is 21.1 Å². The number of esters is 2. The van der Waals surface area contributed by atoms with Gasteiger partial charge in [0, 0.05) is 12.8 Å². The summed E-state index contributed by atoms with van der Waals surface area (Å²) in [6.07, 6.45) is 68.9. The number of unbranched alkanes of at least 4 members (excludes halogenated alkanes) is 32. The Labute approximate surface area is 456 Å². The van der Waals surface area contributed by atoms with Crippen LogP contribution in [0.15, 0.2) is 60.8 Å². The van der Waals surface area contributed by atoms with Crippen molar-refractivity contribution in [3.63, 3.8) is 0 Å². The molecule has 0 aromatic rings. The van der Waals surface area contributed by atoms with Crippen molar-refractivity contribution in [3.8, 4) is 0 Å². The standard InChI is InChI=1S/C65H117NO8/c1-6-8-10-12-14-16-18-19-20-21-22-23-24-25-26-27-28-29-30-31-32-33-34-35-36-37-38-39-40-41-42-43-44-45-46-48-50-52-54-56-63(68)74-61(60-73-65(64(69)70)71-58-57-66(3,4)5)59-72-62(67)55-53-51-49-47-17-15-13-11-9-7-2/h8,10,14,16,19-20,22-23,25-26,61,65H,6-7,9,11-13,15,17-18,21,24,27-60H2,1-5H3/b10-8-,16-14-,20-19-,23-22-,26-25-. The van der Waals surface area contributed by atoms with E-state index in [1.165, 1.54) is 180 Å². The number of likely N-dealkylation sites (N-methyl/N-ethyl adjacent to an activating group) is 1. The first-order chi connectivity index (χ1) is 36.1. The summed E-state index contributed by atoms with van der Waals surface area (Å²) >= 11 is 0. The molecule has 0 spiro atoms. The third kappa shape index (κ3) is 56.7. The number of carbonyl (C=O) groups excluding carboxylic acids is 3. The normalized spacial score (nSPS) is 13.1. The molecule has 2 atom stereocenters. The Morgan fingerprint density at radius 1 is 0.419 bits per heavy atom. The minimum Gasteiger partial charge on any atom is -0.545 e. The van der Waals surface area contributed by atoms with Crippen molar-refractivity contribution < 1.29 is 42.9 Å². The monoisotopic (exact) mass is 1040 g/mol. The summed E-state index contributed by atoms with van der Waals surface area (Å²) in [5.74, 6) is -2.27. The number of aliphatic carboxylic acids is 1. The maximum absolute atomic E-state index is 12.8. The second-order valence-corrected chi connectivity index (χ2v) is 22.0. The molecule has 0 rings (SSSR count). The van der Waals surface area contributed by atoms with E-state index in [1.54, 1.807) is 0 Å². The van der Waals surface area contributed by atoms with Crippen LogP contribution in [0.5, 0.6) is 0 Å². The van der Waals surface area contributed by atoms with Gasteiger partial charge in [0.1, 0.15) is 13.2 Å². The van der Waals surface area contributed by atoms with Gasteiger partial charge in [0.15, 0.2) is 12.4 Å². The highest BCUT2D eigenvalue weighted by atomic mass is 16.7. The van der Waals surface area contributed by atoms with Crippen LogP contribution >= 0.6 is 0 Å². The maximum atomic E-state index is 12.8. The number of hydrogen-bond donors (Lipinski definition) is 0. The third-order valence-corrected chi connectivity index (χ3v) is 13.5. The van der Waals surface area contributed by atoms with Crippen LogP contribution < -0.4 is 5.11 Å². The van der Waals surface area contributed by atoms with Crippen LogP contribution in [0, 0.1) is 0 Å². The smallest absolute Gasteiger partial charge is 0.306 e. The number of rotatable bonds is 57. The van der Waals surface area contributed by atoms with Crippen molar-refractivity contribution in [1.82, 2.24) is 0 Å². The quantitative estimate of drug-likeness (QED) is 0.0195.